The van der Waals surface area contributed by atoms with Gasteiger partial charge in [0.15, 0.2) is 0 Å². The zero-order valence-electron chi connectivity index (χ0n) is 10.2. The summed E-state index contributed by atoms with van der Waals surface area (Å²) in [5, 5.41) is 14.6. The summed E-state index contributed by atoms with van der Waals surface area (Å²) in [7, 11) is 0. The van der Waals surface area contributed by atoms with Crippen molar-refractivity contribution in [3.8, 4) is 11.5 Å². The SMILES string of the molecule is Cc1oc(-c2ccsc2)nc1CC(=O)NCC(=O)O. The summed E-state index contributed by atoms with van der Waals surface area (Å²) in [4.78, 5) is 26.1. The van der Waals surface area contributed by atoms with Gasteiger partial charge >= 0.3 is 5.97 Å². The Kier molecular flexibility index (Phi) is 3.96. The van der Waals surface area contributed by atoms with Crippen LogP contribution in [0.25, 0.3) is 11.5 Å². The Bertz CT molecular complexity index is 589. The first-order valence-electron chi connectivity index (χ1n) is 5.53. The van der Waals surface area contributed by atoms with Crippen LogP contribution >= 0.6 is 11.3 Å². The van der Waals surface area contributed by atoms with Gasteiger partial charge in [-0.25, -0.2) is 4.98 Å². The highest BCUT2D eigenvalue weighted by molar-refractivity contribution is 7.08. The van der Waals surface area contributed by atoms with E-state index in [-0.39, 0.29) is 6.42 Å². The van der Waals surface area contributed by atoms with Crippen molar-refractivity contribution in [2.45, 2.75) is 13.3 Å². The Hall–Kier alpha value is -2.15. The van der Waals surface area contributed by atoms with Crippen molar-refractivity contribution < 1.29 is 19.1 Å². The van der Waals surface area contributed by atoms with Crippen LogP contribution in [0.15, 0.2) is 21.2 Å². The number of oxazole rings is 1. The maximum atomic E-state index is 11.5. The highest BCUT2D eigenvalue weighted by atomic mass is 32.1. The summed E-state index contributed by atoms with van der Waals surface area (Å²) in [6, 6.07) is 1.88. The van der Waals surface area contributed by atoms with Crippen LogP contribution in [0.4, 0.5) is 0 Å². The first-order chi connectivity index (χ1) is 9.06. The first-order valence-corrected chi connectivity index (χ1v) is 6.48. The molecule has 2 rings (SSSR count). The molecule has 0 fully saturated rings. The molecule has 0 saturated carbocycles. The number of hydrogen-bond donors (Lipinski definition) is 2. The summed E-state index contributed by atoms with van der Waals surface area (Å²) in [6.07, 6.45) is 0.00670. The Morgan fingerprint density at radius 2 is 2.32 bits per heavy atom. The Morgan fingerprint density at radius 1 is 1.53 bits per heavy atom. The van der Waals surface area contributed by atoms with Gasteiger partial charge in [-0.2, -0.15) is 11.3 Å². The van der Waals surface area contributed by atoms with Gasteiger partial charge in [-0.1, -0.05) is 0 Å². The third-order valence-electron chi connectivity index (χ3n) is 2.43. The molecular weight excluding hydrogens is 268 g/mol. The van der Waals surface area contributed by atoms with Crippen molar-refractivity contribution in [3.05, 3.63) is 28.3 Å². The van der Waals surface area contributed by atoms with Gasteiger partial charge in [0.2, 0.25) is 11.8 Å². The molecule has 0 aromatic carbocycles. The second-order valence-corrected chi connectivity index (χ2v) is 4.66. The zero-order valence-corrected chi connectivity index (χ0v) is 11.0. The van der Waals surface area contributed by atoms with Gasteiger partial charge in [0, 0.05) is 10.9 Å². The normalized spacial score (nSPS) is 10.4. The number of rotatable bonds is 5. The van der Waals surface area contributed by atoms with E-state index >= 15 is 0 Å². The second-order valence-electron chi connectivity index (χ2n) is 3.88. The van der Waals surface area contributed by atoms with Crippen molar-refractivity contribution in [3.63, 3.8) is 0 Å². The molecule has 0 saturated heterocycles. The number of aryl methyl sites for hydroxylation is 1. The molecule has 0 aliphatic carbocycles. The minimum absolute atomic E-state index is 0.00670. The van der Waals surface area contributed by atoms with Gasteiger partial charge in [0.1, 0.15) is 12.3 Å². The topological polar surface area (TPSA) is 92.4 Å². The summed E-state index contributed by atoms with van der Waals surface area (Å²) >= 11 is 1.53. The molecule has 7 heteroatoms. The standard InChI is InChI=1S/C12H12N2O4S/c1-7-9(4-10(15)13-5-11(16)17)14-12(18-7)8-2-3-19-6-8/h2-3,6H,4-5H2,1H3,(H,13,15)(H,16,17). The second kappa shape index (κ2) is 5.66. The predicted molar refractivity (Wildman–Crippen MR) is 68.9 cm³/mol. The number of carboxylic acid groups (broad SMARTS) is 1. The van der Waals surface area contributed by atoms with Gasteiger partial charge in [-0.05, 0) is 18.4 Å². The highest BCUT2D eigenvalue weighted by Gasteiger charge is 2.15. The highest BCUT2D eigenvalue weighted by Crippen LogP contribution is 2.23. The third kappa shape index (κ3) is 3.41. The number of aliphatic carboxylic acids is 1. The lowest BCUT2D eigenvalue weighted by molar-refractivity contribution is -0.137. The summed E-state index contributed by atoms with van der Waals surface area (Å²) in [5.74, 6) is -0.439. The number of carbonyl (C=O) groups excluding carboxylic acids is 1. The van der Waals surface area contributed by atoms with Crippen molar-refractivity contribution in [2.75, 3.05) is 6.54 Å². The molecule has 0 aliphatic heterocycles. The number of nitrogens with zero attached hydrogens (tertiary/aromatic N) is 1. The fourth-order valence-corrected chi connectivity index (χ4v) is 2.12. The molecule has 1 amide bonds. The van der Waals surface area contributed by atoms with Crippen molar-refractivity contribution in [1.82, 2.24) is 10.3 Å². The van der Waals surface area contributed by atoms with Crippen LogP contribution in [0.1, 0.15) is 11.5 Å². The van der Waals surface area contributed by atoms with Crippen LogP contribution in [0.5, 0.6) is 0 Å². The van der Waals surface area contributed by atoms with Crippen LogP contribution in [-0.4, -0.2) is 28.5 Å². The number of thiophene rings is 1. The molecular formula is C12H12N2O4S. The van der Waals surface area contributed by atoms with E-state index in [0.29, 0.717) is 17.3 Å². The average Bonchev–Trinajstić information content (AvgIpc) is 2.97. The van der Waals surface area contributed by atoms with E-state index in [4.69, 9.17) is 9.52 Å². The first kappa shape index (κ1) is 13.3. The van der Waals surface area contributed by atoms with Crippen molar-refractivity contribution in [1.29, 1.82) is 0 Å². The van der Waals surface area contributed by atoms with Gasteiger partial charge in [0.05, 0.1) is 12.1 Å². The molecule has 2 N–H and O–H groups in total. The van der Waals surface area contributed by atoms with Crippen LogP contribution in [0.3, 0.4) is 0 Å². The number of carboxylic acids is 1. The van der Waals surface area contributed by atoms with E-state index in [1.807, 2.05) is 16.8 Å². The minimum Gasteiger partial charge on any atom is -0.480 e. The number of amides is 1. The molecule has 2 aromatic heterocycles. The van der Waals surface area contributed by atoms with Crippen LogP contribution in [0, 0.1) is 6.92 Å². The molecule has 0 spiro atoms. The molecule has 19 heavy (non-hydrogen) atoms. The van der Waals surface area contributed by atoms with E-state index in [2.05, 4.69) is 10.3 Å². The Balaban J connectivity index is 2.05. The summed E-state index contributed by atoms with van der Waals surface area (Å²) in [5.41, 5.74) is 1.38. The molecule has 0 radical (unpaired) electrons. The van der Waals surface area contributed by atoms with Gasteiger partial charge < -0.3 is 14.8 Å². The number of hydrogen-bond acceptors (Lipinski definition) is 5. The van der Waals surface area contributed by atoms with Crippen molar-refractivity contribution in [2.24, 2.45) is 0 Å². The van der Waals surface area contributed by atoms with Gasteiger partial charge in [-0.3, -0.25) is 9.59 Å². The maximum absolute atomic E-state index is 11.5. The quantitative estimate of drug-likeness (QED) is 0.864. The largest absolute Gasteiger partial charge is 0.480 e. The fraction of sp³-hybridized carbons (Fsp3) is 0.250. The molecule has 100 valence electrons. The molecule has 2 heterocycles. The van der Waals surface area contributed by atoms with Gasteiger partial charge in [0.25, 0.3) is 0 Å². The lowest BCUT2D eigenvalue weighted by Crippen LogP contribution is -2.30. The fourth-order valence-electron chi connectivity index (χ4n) is 1.49. The predicted octanol–water partition coefficient (Wildman–Crippen LogP) is 1.45. The third-order valence-corrected chi connectivity index (χ3v) is 3.11. The van der Waals surface area contributed by atoms with Crippen LogP contribution in [0.2, 0.25) is 0 Å². The smallest absolute Gasteiger partial charge is 0.322 e. The van der Waals surface area contributed by atoms with Crippen LogP contribution < -0.4 is 5.32 Å². The van der Waals surface area contributed by atoms with Crippen LogP contribution in [-0.2, 0) is 16.0 Å². The Morgan fingerprint density at radius 3 is 2.95 bits per heavy atom. The lowest BCUT2D eigenvalue weighted by atomic mass is 10.2. The minimum atomic E-state index is -1.08. The number of nitrogens with one attached hydrogen (secondary N) is 1. The number of aromatic nitrogens is 1. The van der Waals surface area contributed by atoms with E-state index < -0.39 is 18.4 Å². The molecule has 6 nitrogen and oxygen atoms in total. The average molecular weight is 280 g/mol. The molecule has 0 bridgehead atoms. The molecule has 2 aromatic rings. The van der Waals surface area contributed by atoms with E-state index in [1.54, 1.807) is 6.92 Å². The lowest BCUT2D eigenvalue weighted by Gasteiger charge is -1.99. The van der Waals surface area contributed by atoms with Crippen molar-refractivity contribution >= 4 is 23.2 Å². The van der Waals surface area contributed by atoms with E-state index in [0.717, 1.165) is 5.56 Å². The monoisotopic (exact) mass is 280 g/mol. The van der Waals surface area contributed by atoms with Gasteiger partial charge in [-0.15, -0.1) is 0 Å². The molecule has 0 atom stereocenters. The molecule has 0 aliphatic rings. The maximum Gasteiger partial charge on any atom is 0.322 e. The Labute approximate surface area is 113 Å². The summed E-state index contributed by atoms with van der Waals surface area (Å²) < 4.78 is 5.48. The van der Waals surface area contributed by atoms with E-state index in [1.165, 1.54) is 11.3 Å². The zero-order chi connectivity index (χ0) is 13.8. The van der Waals surface area contributed by atoms with E-state index in [9.17, 15) is 9.59 Å². The molecule has 0 unspecified atom stereocenters. The summed E-state index contributed by atoms with van der Waals surface area (Å²) in [6.45, 7) is 1.33. The number of carbonyl (C=O) groups is 2.